The third-order valence-corrected chi connectivity index (χ3v) is 16.1. The molecule has 0 radical (unpaired) electrons. The summed E-state index contributed by atoms with van der Waals surface area (Å²) in [4.78, 5) is 40.6. The summed E-state index contributed by atoms with van der Waals surface area (Å²) < 4.78 is 12.2. The van der Waals surface area contributed by atoms with E-state index in [0.29, 0.717) is 40.5 Å². The highest BCUT2D eigenvalue weighted by Gasteiger charge is 2.68. The molecule has 10 rings (SSSR count). The van der Waals surface area contributed by atoms with Crippen LogP contribution in [0.5, 0.6) is 0 Å². The van der Waals surface area contributed by atoms with Crippen molar-refractivity contribution in [2.24, 2.45) is 32.3 Å². The van der Waals surface area contributed by atoms with Crippen molar-refractivity contribution >= 4 is 75.4 Å². The van der Waals surface area contributed by atoms with E-state index in [2.05, 4.69) is 52.3 Å². The monoisotopic (exact) mass is 998 g/mol. The number of halogens is 3. The zero-order valence-corrected chi connectivity index (χ0v) is 41.0. The molecule has 2 fully saturated rings. The van der Waals surface area contributed by atoms with Gasteiger partial charge in [-0.2, -0.15) is 0 Å². The molecule has 6 aliphatic rings. The summed E-state index contributed by atoms with van der Waals surface area (Å²) in [5, 5.41) is 18.5. The van der Waals surface area contributed by atoms with Crippen LogP contribution in [0.25, 0.3) is 11.1 Å². The number of carbonyl (C=O) groups is 2. The molecule has 6 N–H and O–H groups in total. The van der Waals surface area contributed by atoms with Crippen molar-refractivity contribution in [1.82, 2.24) is 9.80 Å². The summed E-state index contributed by atoms with van der Waals surface area (Å²) in [5.41, 5.74) is 17.2. The van der Waals surface area contributed by atoms with Gasteiger partial charge in [0.05, 0.1) is 12.2 Å². The minimum atomic E-state index is -1.43. The molecule has 2 aliphatic heterocycles. The molecule has 4 aliphatic carbocycles. The Bertz CT molecular complexity index is 2560. The van der Waals surface area contributed by atoms with Gasteiger partial charge in [-0.3, -0.25) is 19.4 Å². The van der Waals surface area contributed by atoms with Gasteiger partial charge >= 0.3 is 7.12 Å². The van der Waals surface area contributed by atoms with Crippen molar-refractivity contribution in [2.45, 2.75) is 101 Å². The van der Waals surface area contributed by atoms with E-state index in [1.54, 1.807) is 42.2 Å². The van der Waals surface area contributed by atoms with Crippen LogP contribution in [-0.2, 0) is 43.0 Å². The van der Waals surface area contributed by atoms with Crippen LogP contribution < -0.4 is 16.9 Å². The molecule has 66 heavy (non-hydrogen) atoms. The number of hydrogen-bond acceptors (Lipinski definition) is 10. The number of ether oxygens (including phenoxy) is 2. The van der Waals surface area contributed by atoms with E-state index in [4.69, 9.17) is 64.2 Å². The molecule has 4 aromatic carbocycles. The standard InChI is InChI=1S/C25H28ClN3O2.C19H24BrN3O2.C6H6BClO2/c1-3-29-22(30)25(28-23(29)27)21-14-17(16-5-4-6-19(26)13-16)7-8-18(21)15-24(25)11-9-20(31-2)10-12-24;1-3-23-16(24)19(22-17(23)21)15-10-13(20)5-4-12(15)11-18(19)8-6-14(25-2)7-9-18;8-6-3-1-2-5(4-6)7(9)10/h4-8,13-14,20H,3,9-12,15H2,1-2H3,(H2,27,28);4-5,10,14H,3,6-9,11H2,1-2H3,(H2,21,22);1-4,9-10H. The van der Waals surface area contributed by atoms with E-state index in [0.717, 1.165) is 90.9 Å². The Kier molecular flexibility index (Phi) is 13.9. The SMILES string of the molecule is CCN1C(=O)C2(N=C1N)c1cc(-c3cccc(Cl)c3)ccc1CC21CCC(OC)CC1.CCN1C(=O)C2(N=C1N)c1cc(Br)ccc1CC21CCC(OC)CC1.OB(O)c1cccc(Cl)c1. The Morgan fingerprint density at radius 1 is 0.682 bits per heavy atom. The summed E-state index contributed by atoms with van der Waals surface area (Å²) in [5.74, 6) is 0.751. The molecule has 4 aromatic rings. The number of fused-ring (bicyclic) bond motifs is 6. The summed E-state index contributed by atoms with van der Waals surface area (Å²) >= 11 is 15.4. The number of aliphatic imine (C=N–C) groups is 2. The zero-order valence-electron chi connectivity index (χ0n) is 37.9. The Morgan fingerprint density at radius 2 is 1.14 bits per heavy atom. The van der Waals surface area contributed by atoms with Crippen molar-refractivity contribution in [3.05, 3.63) is 122 Å². The summed E-state index contributed by atoms with van der Waals surface area (Å²) in [6, 6.07) is 26.9. The van der Waals surface area contributed by atoms with Gasteiger partial charge in [0.25, 0.3) is 11.8 Å². The normalized spacial score (nSPS) is 28.3. The second kappa shape index (κ2) is 19.0. The number of rotatable bonds is 6. The molecule has 0 saturated heterocycles. The number of guanidine groups is 2. The first-order valence-corrected chi connectivity index (χ1v) is 24.4. The molecular weight excluding hydrogens is 942 g/mol. The number of likely N-dealkylation sites (N-methyl/N-ethyl adjacent to an activating group) is 2. The summed E-state index contributed by atoms with van der Waals surface area (Å²) in [7, 11) is 2.11. The van der Waals surface area contributed by atoms with Gasteiger partial charge in [0.15, 0.2) is 23.0 Å². The molecule has 0 bridgehead atoms. The van der Waals surface area contributed by atoms with Crippen molar-refractivity contribution in [3.63, 3.8) is 0 Å². The second-order valence-corrected chi connectivity index (χ2v) is 20.1. The molecular formula is C50H58BBrCl2N6O6. The highest BCUT2D eigenvalue weighted by Crippen LogP contribution is 2.63. The van der Waals surface area contributed by atoms with Crippen molar-refractivity contribution < 1.29 is 29.1 Å². The Balaban J connectivity index is 0.000000151. The number of amides is 2. The van der Waals surface area contributed by atoms with E-state index < -0.39 is 18.2 Å². The maximum atomic E-state index is 13.9. The third kappa shape index (κ3) is 8.07. The van der Waals surface area contributed by atoms with Crippen molar-refractivity contribution in [2.75, 3.05) is 27.3 Å². The van der Waals surface area contributed by atoms with E-state index in [9.17, 15) is 9.59 Å². The van der Waals surface area contributed by atoms with Crippen LogP contribution in [0.3, 0.4) is 0 Å². The number of methoxy groups -OCH3 is 2. The lowest BCUT2D eigenvalue weighted by Crippen LogP contribution is -2.52. The van der Waals surface area contributed by atoms with Crippen LogP contribution in [0.2, 0.25) is 10.0 Å². The molecule has 348 valence electrons. The van der Waals surface area contributed by atoms with Gasteiger partial charge in [-0.15, -0.1) is 0 Å². The predicted molar refractivity (Wildman–Crippen MR) is 264 cm³/mol. The lowest BCUT2D eigenvalue weighted by molar-refractivity contribution is -0.138. The number of carbonyl (C=O) groups excluding carboxylic acids is 2. The van der Waals surface area contributed by atoms with Crippen molar-refractivity contribution in [3.8, 4) is 11.1 Å². The predicted octanol–water partition coefficient (Wildman–Crippen LogP) is 7.48. The number of benzene rings is 4. The first kappa shape index (κ1) is 48.2. The minimum Gasteiger partial charge on any atom is -0.423 e. The van der Waals surface area contributed by atoms with Gasteiger partial charge in [-0.05, 0) is 159 Å². The Labute approximate surface area is 406 Å². The molecule has 0 aromatic heterocycles. The zero-order chi connectivity index (χ0) is 47.2. The number of hydrogen-bond donors (Lipinski definition) is 4. The van der Waals surface area contributed by atoms with Crippen LogP contribution in [0.15, 0.2) is 99.4 Å². The Hall–Kier alpha value is -4.28. The molecule has 2 unspecified atom stereocenters. The lowest BCUT2D eigenvalue weighted by atomic mass is 9.61. The fraction of sp³-hybridized carbons (Fsp3) is 0.440. The maximum absolute atomic E-state index is 13.9. The molecule has 4 spiro atoms. The molecule has 2 heterocycles. The van der Waals surface area contributed by atoms with Crippen LogP contribution in [0, 0.1) is 10.8 Å². The number of nitrogens with two attached hydrogens (primary N) is 2. The Morgan fingerprint density at radius 3 is 1.56 bits per heavy atom. The van der Waals surface area contributed by atoms with Crippen LogP contribution >= 0.6 is 39.1 Å². The quantitative estimate of drug-likeness (QED) is 0.144. The first-order valence-electron chi connectivity index (χ1n) is 22.8. The average Bonchev–Trinajstić information content (AvgIpc) is 3.93. The molecule has 2 amide bonds. The van der Waals surface area contributed by atoms with Crippen LogP contribution in [0.1, 0.15) is 87.5 Å². The number of nitrogens with zero attached hydrogens (tertiary/aromatic N) is 4. The van der Waals surface area contributed by atoms with Crippen LogP contribution in [0.4, 0.5) is 0 Å². The topological polar surface area (TPSA) is 176 Å². The molecule has 12 nitrogen and oxygen atoms in total. The van der Waals surface area contributed by atoms with Gasteiger partial charge in [-0.25, -0.2) is 9.98 Å². The smallest absolute Gasteiger partial charge is 0.423 e. The highest BCUT2D eigenvalue weighted by atomic mass is 79.9. The van der Waals surface area contributed by atoms with Gasteiger partial charge in [-0.1, -0.05) is 81.6 Å². The van der Waals surface area contributed by atoms with Gasteiger partial charge in [0.2, 0.25) is 0 Å². The second-order valence-electron chi connectivity index (χ2n) is 18.4. The third-order valence-electron chi connectivity index (χ3n) is 15.2. The minimum absolute atomic E-state index is 0.0189. The summed E-state index contributed by atoms with van der Waals surface area (Å²) in [6.07, 6.45) is 9.68. The average molecular weight is 1000 g/mol. The van der Waals surface area contributed by atoms with Crippen LogP contribution in [-0.4, -0.2) is 90.2 Å². The van der Waals surface area contributed by atoms with E-state index >= 15 is 0 Å². The molecule has 2 saturated carbocycles. The van der Waals surface area contributed by atoms with E-state index in [-0.39, 0.29) is 34.9 Å². The van der Waals surface area contributed by atoms with Crippen molar-refractivity contribution in [1.29, 1.82) is 0 Å². The van der Waals surface area contributed by atoms with Gasteiger partial charge in [0, 0.05) is 52.7 Å². The van der Waals surface area contributed by atoms with E-state index in [1.807, 2.05) is 38.1 Å². The summed E-state index contributed by atoms with van der Waals surface area (Å²) in [6.45, 7) is 4.97. The highest BCUT2D eigenvalue weighted by molar-refractivity contribution is 9.10. The fourth-order valence-electron chi connectivity index (χ4n) is 11.8. The van der Waals surface area contributed by atoms with E-state index in [1.165, 1.54) is 17.2 Å². The first-order chi connectivity index (χ1) is 31.6. The fourth-order valence-corrected chi connectivity index (χ4v) is 12.6. The molecule has 16 heteroatoms. The van der Waals surface area contributed by atoms with Gasteiger partial charge in [0.1, 0.15) is 0 Å². The molecule has 2 atom stereocenters. The lowest BCUT2D eigenvalue weighted by Gasteiger charge is -2.45. The largest absolute Gasteiger partial charge is 0.488 e. The maximum Gasteiger partial charge on any atom is 0.488 e. The van der Waals surface area contributed by atoms with Gasteiger partial charge < -0.3 is 31.0 Å².